The Morgan fingerprint density at radius 1 is 1.10 bits per heavy atom. The summed E-state index contributed by atoms with van der Waals surface area (Å²) in [7, 11) is 1.67. The third kappa shape index (κ3) is 5.08. The van der Waals surface area contributed by atoms with E-state index in [1.807, 2.05) is 36.1 Å². The zero-order chi connectivity index (χ0) is 21.8. The summed E-state index contributed by atoms with van der Waals surface area (Å²) in [6.45, 7) is 5.91. The van der Waals surface area contributed by atoms with Gasteiger partial charge in [-0.1, -0.05) is 35.0 Å². The first-order chi connectivity index (χ1) is 15.0. The molecule has 0 radical (unpaired) electrons. The summed E-state index contributed by atoms with van der Waals surface area (Å²) < 4.78 is 6.85. The third-order valence-corrected chi connectivity index (χ3v) is 5.65. The van der Waals surface area contributed by atoms with Crippen molar-refractivity contribution in [3.63, 3.8) is 0 Å². The zero-order valence-corrected chi connectivity index (χ0v) is 18.0. The molecule has 0 N–H and O–H groups in total. The molecule has 3 heterocycles. The van der Waals surface area contributed by atoms with Crippen LogP contribution in [0.4, 0.5) is 0 Å². The number of carbonyl (C=O) groups excluding carboxylic acids is 1. The van der Waals surface area contributed by atoms with Crippen LogP contribution >= 0.6 is 0 Å². The molecule has 3 aromatic rings. The molecule has 1 aliphatic heterocycles. The lowest BCUT2D eigenvalue weighted by atomic mass is 10.1. The summed E-state index contributed by atoms with van der Waals surface area (Å²) in [5.74, 6) is 1.19. The minimum atomic E-state index is -0.170. The minimum Gasteiger partial charge on any atom is -0.339 e. The number of rotatable bonds is 6. The predicted octanol–water partition coefficient (Wildman–Crippen LogP) is 2.13. The Kier molecular flexibility index (Phi) is 6.27. The van der Waals surface area contributed by atoms with Crippen molar-refractivity contribution in [1.82, 2.24) is 24.5 Å². The van der Waals surface area contributed by atoms with Crippen LogP contribution in [0.3, 0.4) is 0 Å². The molecule has 8 nitrogen and oxygen atoms in total. The number of aryl methyl sites for hydroxylation is 3. The lowest BCUT2D eigenvalue weighted by molar-refractivity contribution is 0.0635. The van der Waals surface area contributed by atoms with E-state index >= 15 is 0 Å². The van der Waals surface area contributed by atoms with Gasteiger partial charge in [-0.3, -0.25) is 14.5 Å². The van der Waals surface area contributed by atoms with Gasteiger partial charge in [-0.2, -0.15) is 4.98 Å². The van der Waals surface area contributed by atoms with E-state index in [4.69, 9.17) is 4.52 Å². The van der Waals surface area contributed by atoms with Gasteiger partial charge in [0.2, 0.25) is 11.7 Å². The molecule has 0 aliphatic carbocycles. The van der Waals surface area contributed by atoms with Gasteiger partial charge < -0.3 is 14.0 Å². The third-order valence-electron chi connectivity index (χ3n) is 5.65. The molecule has 0 saturated carbocycles. The molecule has 1 aliphatic rings. The predicted molar refractivity (Wildman–Crippen MR) is 117 cm³/mol. The first-order valence-corrected chi connectivity index (χ1v) is 10.6. The highest BCUT2D eigenvalue weighted by molar-refractivity contribution is 5.94. The lowest BCUT2D eigenvalue weighted by Gasteiger charge is -2.34. The van der Waals surface area contributed by atoms with Crippen LogP contribution < -0.4 is 5.56 Å². The number of pyridine rings is 1. The van der Waals surface area contributed by atoms with Gasteiger partial charge in [0.05, 0.1) is 0 Å². The largest absolute Gasteiger partial charge is 0.339 e. The standard InChI is InChI=1S/C23H27N5O3/c1-17-5-7-18(8-6-17)22-24-20(31-25-22)4-3-10-27-12-14-28(15-13-27)23(30)19-9-11-26(2)21(29)16-19/h5-9,11,16H,3-4,10,12-15H2,1-2H3. The second-order valence-electron chi connectivity index (χ2n) is 7.98. The molecule has 0 bridgehead atoms. The molecular weight excluding hydrogens is 394 g/mol. The number of carbonyl (C=O) groups is 1. The molecule has 162 valence electrons. The smallest absolute Gasteiger partial charge is 0.254 e. The summed E-state index contributed by atoms with van der Waals surface area (Å²) in [5, 5.41) is 4.08. The van der Waals surface area contributed by atoms with Gasteiger partial charge in [0.15, 0.2) is 0 Å². The molecule has 1 aromatic carbocycles. The van der Waals surface area contributed by atoms with Crippen molar-refractivity contribution in [3.05, 3.63) is 70.0 Å². The topological polar surface area (TPSA) is 84.5 Å². The molecule has 1 saturated heterocycles. The summed E-state index contributed by atoms with van der Waals surface area (Å²) in [6.07, 6.45) is 3.27. The highest BCUT2D eigenvalue weighted by atomic mass is 16.5. The summed E-state index contributed by atoms with van der Waals surface area (Å²) >= 11 is 0. The van der Waals surface area contributed by atoms with Crippen LogP contribution in [0.5, 0.6) is 0 Å². The fraction of sp³-hybridized carbons (Fsp3) is 0.391. The molecule has 2 aromatic heterocycles. The molecule has 4 rings (SSSR count). The Labute approximate surface area is 181 Å². The molecule has 1 amide bonds. The second kappa shape index (κ2) is 9.26. The highest BCUT2D eigenvalue weighted by Crippen LogP contribution is 2.17. The van der Waals surface area contributed by atoms with Crippen LogP contribution in [-0.2, 0) is 13.5 Å². The normalized spacial score (nSPS) is 14.7. The van der Waals surface area contributed by atoms with Crippen LogP contribution in [0.25, 0.3) is 11.4 Å². The van der Waals surface area contributed by atoms with Crippen LogP contribution in [0.1, 0.15) is 28.2 Å². The number of benzene rings is 1. The second-order valence-corrected chi connectivity index (χ2v) is 7.98. The highest BCUT2D eigenvalue weighted by Gasteiger charge is 2.22. The van der Waals surface area contributed by atoms with Crippen molar-refractivity contribution in [3.8, 4) is 11.4 Å². The van der Waals surface area contributed by atoms with E-state index in [0.29, 0.717) is 30.4 Å². The Morgan fingerprint density at radius 3 is 2.55 bits per heavy atom. The van der Waals surface area contributed by atoms with Crippen LogP contribution in [0.15, 0.2) is 51.9 Å². The van der Waals surface area contributed by atoms with Crippen molar-refractivity contribution in [2.75, 3.05) is 32.7 Å². The van der Waals surface area contributed by atoms with E-state index in [0.717, 1.165) is 38.0 Å². The van der Waals surface area contributed by atoms with Crippen LogP contribution in [-0.4, -0.2) is 63.1 Å². The number of amides is 1. The maximum atomic E-state index is 12.6. The van der Waals surface area contributed by atoms with Gasteiger partial charge in [0.25, 0.3) is 11.5 Å². The molecule has 8 heteroatoms. The average Bonchev–Trinajstić information content (AvgIpc) is 3.25. The summed E-state index contributed by atoms with van der Waals surface area (Å²) in [5.41, 5.74) is 2.44. The Hall–Kier alpha value is -3.26. The number of hydrogen-bond acceptors (Lipinski definition) is 6. The van der Waals surface area contributed by atoms with Crippen LogP contribution in [0, 0.1) is 6.92 Å². The van der Waals surface area contributed by atoms with E-state index in [2.05, 4.69) is 15.0 Å². The first-order valence-electron chi connectivity index (χ1n) is 10.6. The van der Waals surface area contributed by atoms with Crippen molar-refractivity contribution >= 4 is 5.91 Å². The number of aromatic nitrogens is 3. The van der Waals surface area contributed by atoms with Crippen molar-refractivity contribution in [2.24, 2.45) is 7.05 Å². The Morgan fingerprint density at radius 2 is 1.84 bits per heavy atom. The van der Waals surface area contributed by atoms with Gasteiger partial charge in [0.1, 0.15) is 0 Å². The Balaban J connectivity index is 1.23. The van der Waals surface area contributed by atoms with Gasteiger partial charge in [-0.15, -0.1) is 0 Å². The SMILES string of the molecule is Cc1ccc(-c2noc(CCCN3CCN(C(=O)c4ccn(C)c(=O)c4)CC3)n2)cc1. The maximum absolute atomic E-state index is 12.6. The van der Waals surface area contributed by atoms with Crippen molar-refractivity contribution < 1.29 is 9.32 Å². The van der Waals surface area contributed by atoms with Gasteiger partial charge in [-0.05, 0) is 26.0 Å². The fourth-order valence-electron chi connectivity index (χ4n) is 3.67. The molecule has 0 atom stereocenters. The zero-order valence-electron chi connectivity index (χ0n) is 18.0. The maximum Gasteiger partial charge on any atom is 0.254 e. The monoisotopic (exact) mass is 421 g/mol. The van der Waals surface area contributed by atoms with E-state index in [1.54, 1.807) is 19.3 Å². The summed E-state index contributed by atoms with van der Waals surface area (Å²) in [6, 6.07) is 11.2. The van der Waals surface area contributed by atoms with Crippen LogP contribution in [0.2, 0.25) is 0 Å². The molecule has 0 unspecified atom stereocenters. The van der Waals surface area contributed by atoms with Crippen molar-refractivity contribution in [2.45, 2.75) is 19.8 Å². The molecule has 31 heavy (non-hydrogen) atoms. The van der Waals surface area contributed by atoms with E-state index in [9.17, 15) is 9.59 Å². The molecule has 0 spiro atoms. The number of nitrogens with zero attached hydrogens (tertiary/aromatic N) is 5. The van der Waals surface area contributed by atoms with Gasteiger partial charge >= 0.3 is 0 Å². The molecule has 1 fully saturated rings. The molecular formula is C23H27N5O3. The van der Waals surface area contributed by atoms with E-state index in [-0.39, 0.29) is 11.5 Å². The quantitative estimate of drug-likeness (QED) is 0.606. The Bertz CT molecular complexity index is 1090. The minimum absolute atomic E-state index is 0.0770. The van der Waals surface area contributed by atoms with Crippen molar-refractivity contribution in [1.29, 1.82) is 0 Å². The first kappa shape index (κ1) is 21.0. The number of hydrogen-bond donors (Lipinski definition) is 0. The lowest BCUT2D eigenvalue weighted by Crippen LogP contribution is -2.49. The van der Waals surface area contributed by atoms with Gasteiger partial charge in [0, 0.05) is 63.0 Å². The van der Waals surface area contributed by atoms with Gasteiger partial charge in [-0.25, -0.2) is 0 Å². The van der Waals surface area contributed by atoms with E-state index < -0.39 is 0 Å². The van der Waals surface area contributed by atoms with E-state index in [1.165, 1.54) is 16.2 Å². The fourth-order valence-corrected chi connectivity index (χ4v) is 3.67. The number of piperazine rings is 1. The average molecular weight is 422 g/mol. The summed E-state index contributed by atoms with van der Waals surface area (Å²) in [4.78, 5) is 33.1.